The first-order valence-electron chi connectivity index (χ1n) is 17.9. The van der Waals surface area contributed by atoms with Crippen molar-refractivity contribution in [3.8, 4) is 22.3 Å². The Balaban J connectivity index is 1.16. The van der Waals surface area contributed by atoms with Crippen LogP contribution in [0.2, 0.25) is 0 Å². The van der Waals surface area contributed by atoms with Gasteiger partial charge in [0.2, 0.25) is 0 Å². The van der Waals surface area contributed by atoms with Gasteiger partial charge in [0.15, 0.2) is 11.6 Å². The van der Waals surface area contributed by atoms with Crippen molar-refractivity contribution in [1.82, 2.24) is 0 Å². The summed E-state index contributed by atoms with van der Waals surface area (Å²) in [5, 5.41) is 0. The highest BCUT2D eigenvalue weighted by atomic mass is 19.2. The van der Waals surface area contributed by atoms with Gasteiger partial charge in [-0.1, -0.05) is 120 Å². The Morgan fingerprint density at radius 2 is 1.18 bits per heavy atom. The highest BCUT2D eigenvalue weighted by Crippen LogP contribution is 2.45. The van der Waals surface area contributed by atoms with Gasteiger partial charge in [0.25, 0.3) is 0 Å². The van der Waals surface area contributed by atoms with E-state index in [2.05, 4.69) is 13.8 Å². The number of halogens is 3. The van der Waals surface area contributed by atoms with Gasteiger partial charge in [-0.05, 0) is 109 Å². The summed E-state index contributed by atoms with van der Waals surface area (Å²) in [6, 6.07) is 16.5. The highest BCUT2D eigenvalue weighted by Gasteiger charge is 2.32. The third kappa shape index (κ3) is 8.18. The number of rotatable bonds is 13. The molecule has 0 aromatic heterocycles. The monoisotopic (exact) mass is 602 g/mol. The van der Waals surface area contributed by atoms with Crippen LogP contribution >= 0.6 is 0 Å². The molecule has 5 rings (SSSR count). The van der Waals surface area contributed by atoms with Crippen molar-refractivity contribution in [2.75, 3.05) is 0 Å². The number of benzene rings is 3. The van der Waals surface area contributed by atoms with Crippen LogP contribution in [0.15, 0.2) is 54.6 Å². The van der Waals surface area contributed by atoms with E-state index in [1.54, 1.807) is 18.2 Å². The quantitative estimate of drug-likeness (QED) is 0.171. The molecule has 0 nitrogen and oxygen atoms in total. The van der Waals surface area contributed by atoms with Crippen LogP contribution in [-0.4, -0.2) is 0 Å². The molecule has 3 heteroatoms. The smallest absolute Gasteiger partial charge is 0.166 e. The predicted molar refractivity (Wildman–Crippen MR) is 179 cm³/mol. The molecule has 0 atom stereocenters. The van der Waals surface area contributed by atoms with Gasteiger partial charge in [-0.25, -0.2) is 13.2 Å². The lowest BCUT2D eigenvalue weighted by molar-refractivity contribution is 0.156. The number of aryl methyl sites for hydroxylation is 1. The molecule has 2 aliphatic rings. The van der Waals surface area contributed by atoms with E-state index in [0.717, 1.165) is 66.5 Å². The Bertz CT molecular complexity index is 1310. The molecule has 2 aliphatic carbocycles. The fourth-order valence-electron chi connectivity index (χ4n) is 8.24. The molecule has 0 heterocycles. The van der Waals surface area contributed by atoms with Crippen molar-refractivity contribution in [2.45, 2.75) is 129 Å². The third-order valence-corrected chi connectivity index (χ3v) is 11.0. The molecule has 0 spiro atoms. The molecule has 0 unspecified atom stereocenters. The zero-order valence-electron chi connectivity index (χ0n) is 27.2. The second-order valence-corrected chi connectivity index (χ2v) is 13.9. The maximum Gasteiger partial charge on any atom is 0.166 e. The summed E-state index contributed by atoms with van der Waals surface area (Å²) in [4.78, 5) is 0. The van der Waals surface area contributed by atoms with Crippen molar-refractivity contribution in [3.05, 3.63) is 83.2 Å². The lowest BCUT2D eigenvalue weighted by Crippen LogP contribution is -2.25. The summed E-state index contributed by atoms with van der Waals surface area (Å²) in [5.41, 5.74) is 3.90. The minimum atomic E-state index is -0.782. The van der Waals surface area contributed by atoms with Gasteiger partial charge >= 0.3 is 0 Å². The maximum absolute atomic E-state index is 15.4. The Labute approximate surface area is 264 Å². The van der Waals surface area contributed by atoms with Crippen LogP contribution < -0.4 is 0 Å². The van der Waals surface area contributed by atoms with E-state index in [1.807, 2.05) is 36.4 Å². The fraction of sp³-hybridized carbons (Fsp3) is 0.561. The molecule has 0 amide bonds. The zero-order chi connectivity index (χ0) is 30.9. The van der Waals surface area contributed by atoms with Gasteiger partial charge < -0.3 is 0 Å². The minimum absolute atomic E-state index is 0.121. The summed E-state index contributed by atoms with van der Waals surface area (Å²) in [5.74, 6) is 1.33. The molecule has 44 heavy (non-hydrogen) atoms. The fourth-order valence-corrected chi connectivity index (χ4v) is 8.24. The number of hydrogen-bond acceptors (Lipinski definition) is 0. The second-order valence-electron chi connectivity index (χ2n) is 13.9. The van der Waals surface area contributed by atoms with E-state index in [0.29, 0.717) is 23.5 Å². The largest absolute Gasteiger partial charge is 0.207 e. The summed E-state index contributed by atoms with van der Waals surface area (Å²) in [7, 11) is 0. The molecule has 0 N–H and O–H groups in total. The van der Waals surface area contributed by atoms with Gasteiger partial charge in [-0.2, -0.15) is 0 Å². The van der Waals surface area contributed by atoms with Crippen molar-refractivity contribution in [2.24, 2.45) is 17.8 Å². The molecule has 3 aromatic carbocycles. The summed E-state index contributed by atoms with van der Waals surface area (Å²) in [6.07, 6.45) is 20.2. The molecular formula is C41H53F3. The van der Waals surface area contributed by atoms with Crippen molar-refractivity contribution >= 4 is 0 Å². The first kappa shape index (κ1) is 32.8. The van der Waals surface area contributed by atoms with Gasteiger partial charge in [0, 0.05) is 5.56 Å². The molecule has 2 fully saturated rings. The van der Waals surface area contributed by atoms with Crippen LogP contribution in [0.25, 0.3) is 22.3 Å². The Morgan fingerprint density at radius 3 is 1.84 bits per heavy atom. The van der Waals surface area contributed by atoms with E-state index in [-0.39, 0.29) is 11.4 Å². The lowest BCUT2D eigenvalue weighted by Gasteiger charge is -2.38. The first-order chi connectivity index (χ1) is 21.5. The van der Waals surface area contributed by atoms with Crippen LogP contribution in [0.4, 0.5) is 13.2 Å². The molecular weight excluding hydrogens is 549 g/mol. The van der Waals surface area contributed by atoms with Crippen LogP contribution in [-0.2, 0) is 6.42 Å². The third-order valence-electron chi connectivity index (χ3n) is 11.0. The van der Waals surface area contributed by atoms with Gasteiger partial charge in [0.05, 0.1) is 0 Å². The molecule has 2 saturated carbocycles. The SMILES string of the molecule is CCCCCCCCc1ccc(-c2ccc(-c3ccc(C4CCC(C5CCC(CCC)CC5)CC4)c(F)c3)cc2)c(F)c1F. The summed E-state index contributed by atoms with van der Waals surface area (Å²) >= 11 is 0. The topological polar surface area (TPSA) is 0 Å². The highest BCUT2D eigenvalue weighted by molar-refractivity contribution is 5.71. The van der Waals surface area contributed by atoms with Gasteiger partial charge in [0.1, 0.15) is 5.82 Å². The normalized spacial score (nSPS) is 22.3. The molecule has 238 valence electrons. The predicted octanol–water partition coefficient (Wildman–Crippen LogP) is 13.2. The van der Waals surface area contributed by atoms with Crippen molar-refractivity contribution in [3.63, 3.8) is 0 Å². The molecule has 0 radical (unpaired) electrons. The standard InChI is InChI=1S/C41H53F3/c1-3-5-6-7-8-9-11-35-24-27-38(41(44)40(35)43)34-22-18-32(19-23-34)36-25-26-37(39(42)28-36)33-20-16-31(17-21-33)30-14-12-29(10-4-2)13-15-30/h18-19,22-31,33H,3-17,20-21H2,1-2H3. The molecule has 0 aliphatic heterocycles. The Kier molecular flexibility index (Phi) is 12.0. The van der Waals surface area contributed by atoms with Crippen LogP contribution in [0.1, 0.15) is 134 Å². The average Bonchev–Trinajstić information content (AvgIpc) is 3.05. The minimum Gasteiger partial charge on any atom is -0.207 e. The number of unbranched alkanes of at least 4 members (excludes halogenated alkanes) is 5. The van der Waals surface area contributed by atoms with Gasteiger partial charge in [-0.15, -0.1) is 0 Å². The maximum atomic E-state index is 15.4. The van der Waals surface area contributed by atoms with E-state index < -0.39 is 11.6 Å². The summed E-state index contributed by atoms with van der Waals surface area (Å²) < 4.78 is 45.4. The van der Waals surface area contributed by atoms with E-state index in [1.165, 1.54) is 70.6 Å². The lowest BCUT2D eigenvalue weighted by atomic mass is 9.68. The van der Waals surface area contributed by atoms with E-state index >= 15 is 8.78 Å². The van der Waals surface area contributed by atoms with Crippen molar-refractivity contribution < 1.29 is 13.2 Å². The van der Waals surface area contributed by atoms with Gasteiger partial charge in [-0.3, -0.25) is 0 Å². The van der Waals surface area contributed by atoms with E-state index in [4.69, 9.17) is 0 Å². The first-order valence-corrected chi connectivity index (χ1v) is 17.9. The van der Waals surface area contributed by atoms with Crippen LogP contribution in [0, 0.1) is 35.2 Å². The number of hydrogen-bond donors (Lipinski definition) is 0. The van der Waals surface area contributed by atoms with Crippen LogP contribution in [0.5, 0.6) is 0 Å². The molecule has 0 bridgehead atoms. The Morgan fingerprint density at radius 1 is 0.568 bits per heavy atom. The molecule has 3 aromatic rings. The van der Waals surface area contributed by atoms with E-state index in [9.17, 15) is 4.39 Å². The zero-order valence-corrected chi connectivity index (χ0v) is 27.2. The van der Waals surface area contributed by atoms with Crippen molar-refractivity contribution in [1.29, 1.82) is 0 Å². The molecule has 0 saturated heterocycles. The van der Waals surface area contributed by atoms with Crippen LogP contribution in [0.3, 0.4) is 0 Å². The average molecular weight is 603 g/mol. The Hall–Kier alpha value is -2.55. The second kappa shape index (κ2) is 16.1. The summed E-state index contributed by atoms with van der Waals surface area (Å²) in [6.45, 7) is 4.49.